The molecule has 0 atom stereocenters. The summed E-state index contributed by atoms with van der Waals surface area (Å²) in [6, 6.07) is 5.58. The summed E-state index contributed by atoms with van der Waals surface area (Å²) in [4.78, 5) is 0. The summed E-state index contributed by atoms with van der Waals surface area (Å²) in [5.74, 6) is 0.865. The largest absolute Gasteiger partial charge is 0.492 e. The van der Waals surface area contributed by atoms with Crippen LogP contribution in [0.25, 0.3) is 0 Å². The molecule has 0 unspecified atom stereocenters. The zero-order valence-corrected chi connectivity index (χ0v) is 11.6. The average molecular weight is 277 g/mol. The van der Waals surface area contributed by atoms with E-state index in [9.17, 15) is 8.42 Å². The van der Waals surface area contributed by atoms with E-state index in [-0.39, 0.29) is 5.75 Å². The number of unbranched alkanes of at least 4 members (excludes halogenated alkanes) is 1. The first-order valence-corrected chi connectivity index (χ1v) is 7.89. The normalized spacial score (nSPS) is 11.5. The molecule has 0 fully saturated rings. The van der Waals surface area contributed by atoms with Crippen molar-refractivity contribution in [3.05, 3.63) is 28.8 Å². The van der Waals surface area contributed by atoms with E-state index in [0.29, 0.717) is 30.2 Å². The van der Waals surface area contributed by atoms with Gasteiger partial charge in [0.15, 0.2) is 0 Å². The van der Waals surface area contributed by atoms with Gasteiger partial charge in [0.25, 0.3) is 0 Å². The highest BCUT2D eigenvalue weighted by Crippen LogP contribution is 2.25. The van der Waals surface area contributed by atoms with Crippen LogP contribution in [0.1, 0.15) is 18.4 Å². The maximum Gasteiger partial charge on any atom is 0.147 e. The highest BCUT2D eigenvalue weighted by atomic mass is 35.5. The third kappa shape index (κ3) is 5.94. The zero-order chi connectivity index (χ0) is 12.9. The molecule has 5 heteroatoms. The Morgan fingerprint density at radius 1 is 1.29 bits per heavy atom. The maximum atomic E-state index is 10.9. The van der Waals surface area contributed by atoms with Crippen LogP contribution in [-0.2, 0) is 9.84 Å². The second kappa shape index (κ2) is 6.26. The number of rotatable bonds is 6. The van der Waals surface area contributed by atoms with E-state index < -0.39 is 9.84 Å². The SMILES string of the molecule is Cc1ccc(Cl)c(OCCCCS(C)(=O)=O)c1. The number of benzene rings is 1. The second-order valence-electron chi connectivity index (χ2n) is 4.12. The van der Waals surface area contributed by atoms with E-state index in [1.54, 1.807) is 6.07 Å². The van der Waals surface area contributed by atoms with Crippen LogP contribution in [0.4, 0.5) is 0 Å². The van der Waals surface area contributed by atoms with Gasteiger partial charge >= 0.3 is 0 Å². The Kier molecular flexibility index (Phi) is 5.28. The molecule has 1 rings (SSSR count). The van der Waals surface area contributed by atoms with Gasteiger partial charge in [-0.3, -0.25) is 0 Å². The lowest BCUT2D eigenvalue weighted by atomic mass is 10.2. The fraction of sp³-hybridized carbons (Fsp3) is 0.500. The number of hydrogen-bond acceptors (Lipinski definition) is 3. The monoisotopic (exact) mass is 276 g/mol. The smallest absolute Gasteiger partial charge is 0.147 e. The van der Waals surface area contributed by atoms with Crippen LogP contribution in [0.5, 0.6) is 5.75 Å². The molecular weight excluding hydrogens is 260 g/mol. The van der Waals surface area contributed by atoms with Crippen molar-refractivity contribution < 1.29 is 13.2 Å². The lowest BCUT2D eigenvalue weighted by molar-refractivity contribution is 0.309. The summed E-state index contributed by atoms with van der Waals surface area (Å²) in [6.45, 7) is 2.45. The van der Waals surface area contributed by atoms with Crippen LogP contribution in [0.3, 0.4) is 0 Å². The predicted molar refractivity (Wildman–Crippen MR) is 70.6 cm³/mol. The van der Waals surface area contributed by atoms with Crippen LogP contribution < -0.4 is 4.74 Å². The molecule has 1 aromatic carbocycles. The minimum Gasteiger partial charge on any atom is -0.492 e. The summed E-state index contributed by atoms with van der Waals surface area (Å²) in [5.41, 5.74) is 1.08. The van der Waals surface area contributed by atoms with Crippen LogP contribution >= 0.6 is 11.6 Å². The molecule has 0 saturated heterocycles. The Morgan fingerprint density at radius 3 is 2.65 bits per heavy atom. The molecule has 17 heavy (non-hydrogen) atoms. The zero-order valence-electron chi connectivity index (χ0n) is 10.1. The lowest BCUT2D eigenvalue weighted by Crippen LogP contribution is -2.05. The van der Waals surface area contributed by atoms with Gasteiger partial charge in [-0.25, -0.2) is 8.42 Å². The number of sulfone groups is 1. The Balaban J connectivity index is 2.34. The Morgan fingerprint density at radius 2 is 2.00 bits per heavy atom. The summed E-state index contributed by atoms with van der Waals surface area (Å²) in [5, 5.41) is 0.582. The van der Waals surface area contributed by atoms with Crippen molar-refractivity contribution in [1.82, 2.24) is 0 Å². The topological polar surface area (TPSA) is 43.4 Å². The molecule has 0 aromatic heterocycles. The fourth-order valence-corrected chi connectivity index (χ4v) is 2.27. The van der Waals surface area contributed by atoms with E-state index in [1.165, 1.54) is 6.26 Å². The molecule has 0 saturated carbocycles. The van der Waals surface area contributed by atoms with Crippen molar-refractivity contribution >= 4 is 21.4 Å². The highest BCUT2D eigenvalue weighted by molar-refractivity contribution is 7.90. The molecule has 96 valence electrons. The number of ether oxygens (including phenoxy) is 1. The average Bonchev–Trinajstić information content (AvgIpc) is 2.21. The molecule has 1 aromatic rings. The van der Waals surface area contributed by atoms with Crippen LogP contribution in [0, 0.1) is 6.92 Å². The van der Waals surface area contributed by atoms with Gasteiger partial charge in [0.05, 0.1) is 17.4 Å². The van der Waals surface area contributed by atoms with E-state index >= 15 is 0 Å². The summed E-state index contributed by atoms with van der Waals surface area (Å²) in [6.07, 6.45) is 2.56. The number of aryl methyl sites for hydroxylation is 1. The van der Waals surface area contributed by atoms with E-state index in [4.69, 9.17) is 16.3 Å². The van der Waals surface area contributed by atoms with Gasteiger partial charge < -0.3 is 4.74 Å². The van der Waals surface area contributed by atoms with Crippen molar-refractivity contribution in [2.24, 2.45) is 0 Å². The van der Waals surface area contributed by atoms with Gasteiger partial charge in [-0.15, -0.1) is 0 Å². The van der Waals surface area contributed by atoms with Crippen LogP contribution in [0.2, 0.25) is 5.02 Å². The van der Waals surface area contributed by atoms with Gasteiger partial charge in [-0.1, -0.05) is 17.7 Å². The Bertz CT molecular complexity index is 469. The van der Waals surface area contributed by atoms with Gasteiger partial charge in [0.2, 0.25) is 0 Å². The molecule has 0 heterocycles. The predicted octanol–water partition coefficient (Wildman–Crippen LogP) is 2.85. The fourth-order valence-electron chi connectivity index (χ4n) is 1.37. The van der Waals surface area contributed by atoms with Crippen molar-refractivity contribution in [3.8, 4) is 5.75 Å². The third-order valence-electron chi connectivity index (χ3n) is 2.25. The first-order valence-electron chi connectivity index (χ1n) is 5.45. The number of halogens is 1. The molecule has 0 spiro atoms. The molecule has 0 amide bonds. The van der Waals surface area contributed by atoms with Gasteiger partial charge in [-0.05, 0) is 37.5 Å². The quantitative estimate of drug-likeness (QED) is 0.751. The van der Waals surface area contributed by atoms with Gasteiger partial charge in [-0.2, -0.15) is 0 Å². The van der Waals surface area contributed by atoms with Crippen molar-refractivity contribution in [2.45, 2.75) is 19.8 Å². The molecular formula is C12H17ClO3S. The minimum absolute atomic E-state index is 0.206. The molecule has 3 nitrogen and oxygen atoms in total. The van der Waals surface area contributed by atoms with Crippen molar-refractivity contribution in [3.63, 3.8) is 0 Å². The summed E-state index contributed by atoms with van der Waals surface area (Å²) < 4.78 is 27.3. The standard InChI is InChI=1S/C12H17ClO3S/c1-10-5-6-11(13)12(9-10)16-7-3-4-8-17(2,14)15/h5-6,9H,3-4,7-8H2,1-2H3. The second-order valence-corrected chi connectivity index (χ2v) is 6.79. The Hall–Kier alpha value is -0.740. The van der Waals surface area contributed by atoms with Crippen LogP contribution in [0.15, 0.2) is 18.2 Å². The minimum atomic E-state index is -2.87. The molecule has 0 radical (unpaired) electrons. The van der Waals surface area contributed by atoms with E-state index in [1.807, 2.05) is 19.1 Å². The lowest BCUT2D eigenvalue weighted by Gasteiger charge is -2.08. The molecule has 0 aliphatic heterocycles. The Labute approximate surface area is 108 Å². The van der Waals surface area contributed by atoms with Crippen molar-refractivity contribution in [2.75, 3.05) is 18.6 Å². The maximum absolute atomic E-state index is 10.9. The third-order valence-corrected chi connectivity index (χ3v) is 3.60. The van der Waals surface area contributed by atoms with Gasteiger partial charge in [0, 0.05) is 6.26 Å². The van der Waals surface area contributed by atoms with E-state index in [2.05, 4.69) is 0 Å². The molecule has 0 aliphatic rings. The molecule has 0 N–H and O–H groups in total. The first kappa shape index (κ1) is 14.3. The highest BCUT2D eigenvalue weighted by Gasteiger charge is 2.03. The summed E-state index contributed by atoms with van der Waals surface area (Å²) in [7, 11) is -2.87. The van der Waals surface area contributed by atoms with Gasteiger partial charge in [0.1, 0.15) is 15.6 Å². The van der Waals surface area contributed by atoms with Crippen molar-refractivity contribution in [1.29, 1.82) is 0 Å². The van der Waals surface area contributed by atoms with E-state index in [0.717, 1.165) is 5.56 Å². The molecule has 0 bridgehead atoms. The molecule has 0 aliphatic carbocycles. The first-order chi connectivity index (χ1) is 7.88. The summed E-state index contributed by atoms with van der Waals surface area (Å²) >= 11 is 5.96. The van der Waals surface area contributed by atoms with Crippen LogP contribution in [-0.4, -0.2) is 27.0 Å². The number of hydrogen-bond donors (Lipinski definition) is 0.